The number of benzene rings is 1. The number of likely N-dealkylation sites (tertiary alicyclic amines) is 1. The minimum absolute atomic E-state index is 0.0843. The van der Waals surface area contributed by atoms with Crippen molar-refractivity contribution in [3.05, 3.63) is 41.0 Å². The second kappa shape index (κ2) is 7.65. The predicted octanol–water partition coefficient (Wildman–Crippen LogP) is 3.24. The van der Waals surface area contributed by atoms with Crippen molar-refractivity contribution in [1.82, 2.24) is 15.0 Å². The van der Waals surface area contributed by atoms with Crippen molar-refractivity contribution in [2.75, 3.05) is 25.5 Å². The molecule has 0 aliphatic carbocycles. The maximum Gasteiger partial charge on any atom is 0.321 e. The third-order valence-electron chi connectivity index (χ3n) is 4.46. The van der Waals surface area contributed by atoms with Gasteiger partial charge in [0.2, 0.25) is 0 Å². The van der Waals surface area contributed by atoms with Gasteiger partial charge in [-0.15, -0.1) is 0 Å². The molecular formula is C18H24N4O3. The van der Waals surface area contributed by atoms with Crippen LogP contribution in [0.15, 0.2) is 22.7 Å². The summed E-state index contributed by atoms with van der Waals surface area (Å²) in [5.41, 5.74) is 3.03. The lowest BCUT2D eigenvalue weighted by molar-refractivity contribution is 0.151. The van der Waals surface area contributed by atoms with Crippen molar-refractivity contribution in [3.63, 3.8) is 0 Å². The van der Waals surface area contributed by atoms with E-state index < -0.39 is 0 Å². The largest absolute Gasteiger partial charge is 0.375 e. The van der Waals surface area contributed by atoms with Crippen molar-refractivity contribution >= 4 is 11.7 Å². The van der Waals surface area contributed by atoms with Gasteiger partial charge in [-0.3, -0.25) is 0 Å². The topological polar surface area (TPSA) is 80.5 Å². The molecule has 1 aromatic carbocycles. The molecule has 1 aromatic heterocycles. The molecule has 7 heteroatoms. The van der Waals surface area contributed by atoms with Crippen molar-refractivity contribution in [2.24, 2.45) is 0 Å². The number of aromatic nitrogens is 2. The van der Waals surface area contributed by atoms with E-state index in [1.54, 1.807) is 7.11 Å². The number of urea groups is 1. The highest BCUT2D eigenvalue weighted by atomic mass is 16.5. The summed E-state index contributed by atoms with van der Waals surface area (Å²) in [5, 5.41) is 7.06. The number of nitrogens with one attached hydrogen (secondary N) is 1. The fraction of sp³-hybridized carbons (Fsp3) is 0.500. The number of carbonyl (C=O) groups excluding carboxylic acids is 1. The lowest BCUT2D eigenvalue weighted by Gasteiger charge is -2.31. The summed E-state index contributed by atoms with van der Waals surface area (Å²) in [4.78, 5) is 18.8. The second-order valence-corrected chi connectivity index (χ2v) is 6.51. The van der Waals surface area contributed by atoms with Gasteiger partial charge in [0.25, 0.3) is 5.89 Å². The first-order chi connectivity index (χ1) is 12.1. The number of aryl methyl sites for hydroxylation is 2. The number of carbonyl (C=O) groups is 1. The normalized spacial score (nSPS) is 17.6. The Labute approximate surface area is 147 Å². The lowest BCUT2D eigenvalue weighted by atomic mass is 9.97. The van der Waals surface area contributed by atoms with Gasteiger partial charge in [0.15, 0.2) is 5.82 Å². The van der Waals surface area contributed by atoms with Crippen molar-refractivity contribution in [3.8, 4) is 0 Å². The van der Waals surface area contributed by atoms with Gasteiger partial charge in [-0.1, -0.05) is 17.3 Å². The van der Waals surface area contributed by atoms with E-state index in [1.807, 2.05) is 36.9 Å². The van der Waals surface area contributed by atoms with E-state index in [1.165, 1.54) is 0 Å². The lowest BCUT2D eigenvalue weighted by Crippen LogP contribution is -2.42. The van der Waals surface area contributed by atoms with E-state index >= 15 is 0 Å². The highest BCUT2D eigenvalue weighted by Crippen LogP contribution is 2.26. The number of anilines is 1. The molecule has 1 atom stereocenters. The molecule has 0 radical (unpaired) electrons. The molecule has 1 N–H and O–H groups in total. The van der Waals surface area contributed by atoms with E-state index in [0.717, 1.165) is 36.2 Å². The second-order valence-electron chi connectivity index (χ2n) is 6.51. The zero-order chi connectivity index (χ0) is 17.8. The smallest absolute Gasteiger partial charge is 0.321 e. The first-order valence-electron chi connectivity index (χ1n) is 8.51. The molecule has 0 bridgehead atoms. The Morgan fingerprint density at radius 2 is 2.28 bits per heavy atom. The molecular weight excluding hydrogens is 320 g/mol. The van der Waals surface area contributed by atoms with Crippen LogP contribution in [-0.4, -0.2) is 41.3 Å². The maximum atomic E-state index is 12.6. The molecule has 1 saturated heterocycles. The van der Waals surface area contributed by atoms with Crippen LogP contribution in [0, 0.1) is 13.8 Å². The van der Waals surface area contributed by atoms with Crippen LogP contribution in [0.3, 0.4) is 0 Å². The first kappa shape index (κ1) is 17.4. The van der Waals surface area contributed by atoms with Gasteiger partial charge < -0.3 is 19.5 Å². The number of rotatable bonds is 4. The Bertz CT molecular complexity index is 744. The molecule has 2 heterocycles. The number of hydrogen-bond donors (Lipinski definition) is 1. The maximum absolute atomic E-state index is 12.6. The molecule has 2 aromatic rings. The molecule has 134 valence electrons. The minimum atomic E-state index is -0.0843. The summed E-state index contributed by atoms with van der Waals surface area (Å²) in [6, 6.07) is 5.96. The van der Waals surface area contributed by atoms with Crippen molar-refractivity contribution in [1.29, 1.82) is 0 Å². The Morgan fingerprint density at radius 1 is 1.44 bits per heavy atom. The molecule has 0 saturated carbocycles. The average molecular weight is 344 g/mol. The molecule has 1 unspecified atom stereocenters. The molecule has 1 fully saturated rings. The van der Waals surface area contributed by atoms with E-state index in [-0.39, 0.29) is 11.9 Å². The number of nitrogens with zero attached hydrogens (tertiary/aromatic N) is 3. The van der Waals surface area contributed by atoms with E-state index in [4.69, 9.17) is 9.26 Å². The van der Waals surface area contributed by atoms with Crippen LogP contribution in [0.25, 0.3) is 0 Å². The van der Waals surface area contributed by atoms with Crippen LogP contribution in [0.2, 0.25) is 0 Å². The SMILES string of the molecule is COCc1nc(C2CCCN(C(=O)Nc3cc(C)ccc3C)C2)no1. The predicted molar refractivity (Wildman–Crippen MR) is 93.5 cm³/mol. The molecule has 7 nitrogen and oxygen atoms in total. The number of methoxy groups -OCH3 is 1. The zero-order valence-electron chi connectivity index (χ0n) is 14.9. The summed E-state index contributed by atoms with van der Waals surface area (Å²) in [6.45, 7) is 5.62. The Kier molecular flexibility index (Phi) is 5.33. The fourth-order valence-electron chi connectivity index (χ4n) is 3.05. The number of amides is 2. The van der Waals surface area contributed by atoms with Crippen molar-refractivity contribution in [2.45, 2.75) is 39.2 Å². The Morgan fingerprint density at radius 3 is 3.08 bits per heavy atom. The summed E-state index contributed by atoms with van der Waals surface area (Å²) in [6.07, 6.45) is 1.86. The van der Waals surface area contributed by atoms with E-state index in [0.29, 0.717) is 24.9 Å². The fourth-order valence-corrected chi connectivity index (χ4v) is 3.05. The number of ether oxygens (including phenoxy) is 1. The average Bonchev–Trinajstić information content (AvgIpc) is 3.07. The molecule has 2 amide bonds. The summed E-state index contributed by atoms with van der Waals surface area (Å²) in [5.74, 6) is 1.21. The third kappa shape index (κ3) is 4.17. The third-order valence-corrected chi connectivity index (χ3v) is 4.46. The quantitative estimate of drug-likeness (QED) is 0.921. The standard InChI is InChI=1S/C18H24N4O3/c1-12-6-7-13(2)15(9-12)19-18(23)22-8-4-5-14(10-22)17-20-16(11-24-3)25-21-17/h6-7,9,14H,4-5,8,10-11H2,1-3H3,(H,19,23). The van der Waals surface area contributed by atoms with E-state index in [2.05, 4.69) is 15.5 Å². The van der Waals surface area contributed by atoms with Crippen LogP contribution in [-0.2, 0) is 11.3 Å². The zero-order valence-corrected chi connectivity index (χ0v) is 14.9. The molecule has 1 aliphatic rings. The van der Waals surface area contributed by atoms with Crippen LogP contribution in [0.1, 0.15) is 41.6 Å². The molecule has 25 heavy (non-hydrogen) atoms. The Hall–Kier alpha value is -2.41. The minimum Gasteiger partial charge on any atom is -0.375 e. The summed E-state index contributed by atoms with van der Waals surface area (Å²) in [7, 11) is 1.59. The van der Waals surface area contributed by atoms with Gasteiger partial charge in [0.05, 0.1) is 0 Å². The highest BCUT2D eigenvalue weighted by Gasteiger charge is 2.28. The van der Waals surface area contributed by atoms with Gasteiger partial charge in [-0.2, -0.15) is 4.98 Å². The molecule has 3 rings (SSSR count). The first-order valence-corrected chi connectivity index (χ1v) is 8.51. The van der Waals surface area contributed by atoms with Gasteiger partial charge in [-0.05, 0) is 43.9 Å². The molecule has 1 aliphatic heterocycles. The van der Waals surface area contributed by atoms with Gasteiger partial charge in [-0.25, -0.2) is 4.79 Å². The Balaban J connectivity index is 1.65. The number of hydrogen-bond acceptors (Lipinski definition) is 5. The van der Waals surface area contributed by atoms with Gasteiger partial charge in [0.1, 0.15) is 6.61 Å². The number of piperidine rings is 1. The van der Waals surface area contributed by atoms with Crippen LogP contribution in [0.5, 0.6) is 0 Å². The van der Waals surface area contributed by atoms with Gasteiger partial charge >= 0.3 is 6.03 Å². The summed E-state index contributed by atoms with van der Waals surface area (Å²) < 4.78 is 10.2. The highest BCUT2D eigenvalue weighted by molar-refractivity contribution is 5.90. The van der Waals surface area contributed by atoms with Crippen LogP contribution < -0.4 is 5.32 Å². The monoisotopic (exact) mass is 344 g/mol. The summed E-state index contributed by atoms with van der Waals surface area (Å²) >= 11 is 0. The van der Waals surface area contributed by atoms with Crippen molar-refractivity contribution < 1.29 is 14.1 Å². The van der Waals surface area contributed by atoms with Crippen LogP contribution >= 0.6 is 0 Å². The van der Waals surface area contributed by atoms with Crippen LogP contribution in [0.4, 0.5) is 10.5 Å². The molecule has 0 spiro atoms. The van der Waals surface area contributed by atoms with E-state index in [9.17, 15) is 4.79 Å². The van der Waals surface area contributed by atoms with Gasteiger partial charge in [0, 0.05) is 31.8 Å².